The molecular formula is C19H16BrN3O4. The molecule has 0 aliphatic heterocycles. The number of methoxy groups -OCH3 is 1. The fraction of sp³-hybridized carbons (Fsp3) is 0.105. The molecule has 1 heterocycles. The summed E-state index contributed by atoms with van der Waals surface area (Å²) in [5.41, 5.74) is 4.31. The van der Waals surface area contributed by atoms with Crippen LogP contribution in [-0.2, 0) is 0 Å². The van der Waals surface area contributed by atoms with Crippen molar-refractivity contribution in [2.75, 3.05) is 7.11 Å². The number of benzene rings is 2. The van der Waals surface area contributed by atoms with E-state index >= 15 is 0 Å². The van der Waals surface area contributed by atoms with E-state index in [0.717, 1.165) is 5.56 Å². The predicted octanol–water partition coefficient (Wildman–Crippen LogP) is 3.89. The Bertz CT molecular complexity index is 1000. The Morgan fingerprint density at radius 2 is 2.07 bits per heavy atom. The van der Waals surface area contributed by atoms with Gasteiger partial charge in [0.2, 0.25) is 0 Å². The Labute approximate surface area is 163 Å². The molecule has 0 atom stereocenters. The summed E-state index contributed by atoms with van der Waals surface area (Å²) in [7, 11) is 1.45. The number of phenolic OH excluding ortho intramolecular Hbond substituents is 1. The first kappa shape index (κ1) is 18.7. The molecule has 3 rings (SSSR count). The molecule has 0 spiro atoms. The molecule has 138 valence electrons. The molecule has 0 aliphatic rings. The highest BCUT2D eigenvalue weighted by Gasteiger charge is 2.21. The summed E-state index contributed by atoms with van der Waals surface area (Å²) in [6.07, 6.45) is 1.32. The monoisotopic (exact) mass is 429 g/mol. The molecule has 0 saturated heterocycles. The van der Waals surface area contributed by atoms with Gasteiger partial charge < -0.3 is 14.4 Å². The van der Waals surface area contributed by atoms with E-state index in [1.807, 2.05) is 30.3 Å². The highest BCUT2D eigenvalue weighted by molar-refractivity contribution is 9.10. The Hall–Kier alpha value is -3.13. The molecule has 0 bridgehead atoms. The standard InChI is InChI=1S/C19H16BrN3O4/c1-11-16(17(23-27-11)12-6-4-3-5-7-12)19(25)22-21-10-13-8-14(20)9-15(26-2)18(13)24/h3-10,24H,1-2H3,(H,22,25)/b21-10+. The van der Waals surface area contributed by atoms with Crippen LogP contribution in [-0.4, -0.2) is 29.5 Å². The Morgan fingerprint density at radius 3 is 2.78 bits per heavy atom. The van der Waals surface area contributed by atoms with Crippen LogP contribution < -0.4 is 10.2 Å². The van der Waals surface area contributed by atoms with E-state index in [9.17, 15) is 9.90 Å². The minimum Gasteiger partial charge on any atom is -0.504 e. The lowest BCUT2D eigenvalue weighted by Gasteiger charge is -2.06. The number of hydrazone groups is 1. The summed E-state index contributed by atoms with van der Waals surface area (Å²) in [6.45, 7) is 1.66. The number of aromatic hydroxyl groups is 1. The van der Waals surface area contributed by atoms with Crippen LogP contribution in [0, 0.1) is 6.92 Å². The highest BCUT2D eigenvalue weighted by Crippen LogP contribution is 2.32. The lowest BCUT2D eigenvalue weighted by atomic mass is 10.1. The van der Waals surface area contributed by atoms with Crippen molar-refractivity contribution in [3.8, 4) is 22.8 Å². The summed E-state index contributed by atoms with van der Waals surface area (Å²) in [5.74, 6) is 0.127. The van der Waals surface area contributed by atoms with Gasteiger partial charge in [0, 0.05) is 15.6 Å². The number of nitrogens with one attached hydrogen (secondary N) is 1. The van der Waals surface area contributed by atoms with Gasteiger partial charge in [-0.3, -0.25) is 4.79 Å². The normalized spacial score (nSPS) is 10.9. The number of aryl methyl sites for hydroxylation is 1. The predicted molar refractivity (Wildman–Crippen MR) is 104 cm³/mol. The molecule has 0 radical (unpaired) electrons. The average molecular weight is 430 g/mol. The summed E-state index contributed by atoms with van der Waals surface area (Å²) < 4.78 is 11.0. The van der Waals surface area contributed by atoms with Gasteiger partial charge in [0.25, 0.3) is 5.91 Å². The van der Waals surface area contributed by atoms with Gasteiger partial charge in [-0.15, -0.1) is 0 Å². The van der Waals surface area contributed by atoms with Crippen LogP contribution in [0.2, 0.25) is 0 Å². The molecule has 7 nitrogen and oxygen atoms in total. The van der Waals surface area contributed by atoms with Gasteiger partial charge in [-0.25, -0.2) is 5.43 Å². The highest BCUT2D eigenvalue weighted by atomic mass is 79.9. The average Bonchev–Trinajstić information content (AvgIpc) is 3.06. The molecule has 1 aromatic heterocycles. The van der Waals surface area contributed by atoms with Crippen LogP contribution in [0.5, 0.6) is 11.5 Å². The fourth-order valence-corrected chi connectivity index (χ4v) is 2.95. The van der Waals surface area contributed by atoms with Crippen molar-refractivity contribution in [1.82, 2.24) is 10.6 Å². The smallest absolute Gasteiger partial charge is 0.277 e. The molecular weight excluding hydrogens is 414 g/mol. The number of amides is 1. The van der Waals surface area contributed by atoms with Crippen molar-refractivity contribution < 1.29 is 19.2 Å². The first-order valence-electron chi connectivity index (χ1n) is 7.93. The minimum absolute atomic E-state index is 0.0789. The van der Waals surface area contributed by atoms with E-state index in [1.54, 1.807) is 19.1 Å². The second kappa shape index (κ2) is 8.05. The number of carbonyl (C=O) groups excluding carboxylic acids is 1. The van der Waals surface area contributed by atoms with Gasteiger partial charge >= 0.3 is 0 Å². The van der Waals surface area contributed by atoms with E-state index in [-0.39, 0.29) is 5.75 Å². The fourth-order valence-electron chi connectivity index (χ4n) is 2.50. The zero-order chi connectivity index (χ0) is 19.4. The van der Waals surface area contributed by atoms with Crippen LogP contribution in [0.3, 0.4) is 0 Å². The van der Waals surface area contributed by atoms with Gasteiger partial charge in [-0.2, -0.15) is 5.10 Å². The second-order valence-corrected chi connectivity index (χ2v) is 6.49. The third-order valence-corrected chi connectivity index (χ3v) is 4.25. The number of ether oxygens (including phenoxy) is 1. The summed E-state index contributed by atoms with van der Waals surface area (Å²) in [6, 6.07) is 12.5. The number of nitrogens with zero attached hydrogens (tertiary/aromatic N) is 2. The number of rotatable bonds is 5. The van der Waals surface area contributed by atoms with Gasteiger partial charge in [0.15, 0.2) is 11.5 Å². The quantitative estimate of drug-likeness (QED) is 0.473. The van der Waals surface area contributed by atoms with Crippen molar-refractivity contribution in [2.24, 2.45) is 5.10 Å². The lowest BCUT2D eigenvalue weighted by molar-refractivity contribution is 0.0954. The second-order valence-electron chi connectivity index (χ2n) is 5.57. The molecule has 27 heavy (non-hydrogen) atoms. The summed E-state index contributed by atoms with van der Waals surface area (Å²) >= 11 is 3.32. The van der Waals surface area contributed by atoms with E-state index in [4.69, 9.17) is 9.26 Å². The maximum absolute atomic E-state index is 12.6. The minimum atomic E-state index is -0.467. The Morgan fingerprint density at radius 1 is 1.33 bits per heavy atom. The molecule has 0 fully saturated rings. The Balaban J connectivity index is 1.83. The third-order valence-electron chi connectivity index (χ3n) is 3.80. The number of hydrogen-bond donors (Lipinski definition) is 2. The molecule has 2 N–H and O–H groups in total. The maximum Gasteiger partial charge on any atom is 0.277 e. The topological polar surface area (TPSA) is 97.0 Å². The summed E-state index contributed by atoms with van der Waals surface area (Å²) in [4.78, 5) is 12.6. The number of aromatic nitrogens is 1. The number of hydrogen-bond acceptors (Lipinski definition) is 6. The van der Waals surface area contributed by atoms with Crippen LogP contribution in [0.15, 0.2) is 56.6 Å². The third kappa shape index (κ3) is 4.01. The van der Waals surface area contributed by atoms with E-state index < -0.39 is 5.91 Å². The molecule has 2 aromatic carbocycles. The van der Waals surface area contributed by atoms with Crippen molar-refractivity contribution in [2.45, 2.75) is 6.92 Å². The maximum atomic E-state index is 12.6. The number of phenols is 1. The summed E-state index contributed by atoms with van der Waals surface area (Å²) in [5, 5.41) is 18.0. The van der Waals surface area contributed by atoms with Crippen LogP contribution in [0.1, 0.15) is 21.7 Å². The van der Waals surface area contributed by atoms with Crippen molar-refractivity contribution in [1.29, 1.82) is 0 Å². The van der Waals surface area contributed by atoms with Gasteiger partial charge in [-0.05, 0) is 19.1 Å². The van der Waals surface area contributed by atoms with Crippen molar-refractivity contribution >= 4 is 28.1 Å². The molecule has 0 aliphatic carbocycles. The largest absolute Gasteiger partial charge is 0.504 e. The van der Waals surface area contributed by atoms with E-state index in [0.29, 0.717) is 32.8 Å². The molecule has 1 amide bonds. The van der Waals surface area contributed by atoms with E-state index in [2.05, 4.69) is 31.6 Å². The zero-order valence-electron chi connectivity index (χ0n) is 14.6. The molecule has 8 heteroatoms. The van der Waals surface area contributed by atoms with Gasteiger partial charge in [-0.1, -0.05) is 51.4 Å². The first-order chi connectivity index (χ1) is 13.0. The number of carbonyl (C=O) groups is 1. The lowest BCUT2D eigenvalue weighted by Crippen LogP contribution is -2.18. The van der Waals surface area contributed by atoms with Crippen LogP contribution >= 0.6 is 15.9 Å². The van der Waals surface area contributed by atoms with Gasteiger partial charge in [0.1, 0.15) is 17.0 Å². The van der Waals surface area contributed by atoms with Crippen LogP contribution in [0.25, 0.3) is 11.3 Å². The molecule has 0 saturated carbocycles. The van der Waals surface area contributed by atoms with Gasteiger partial charge in [0.05, 0.1) is 13.3 Å². The molecule has 3 aromatic rings. The first-order valence-corrected chi connectivity index (χ1v) is 8.72. The number of halogens is 1. The Kier molecular flexibility index (Phi) is 5.56. The SMILES string of the molecule is COc1cc(Br)cc(/C=N/NC(=O)c2c(-c3ccccc3)noc2C)c1O. The van der Waals surface area contributed by atoms with Crippen LogP contribution in [0.4, 0.5) is 0 Å². The zero-order valence-corrected chi connectivity index (χ0v) is 16.1. The van der Waals surface area contributed by atoms with E-state index in [1.165, 1.54) is 13.3 Å². The van der Waals surface area contributed by atoms with Crippen molar-refractivity contribution in [3.05, 3.63) is 63.8 Å². The molecule has 0 unspecified atom stereocenters. The van der Waals surface area contributed by atoms with Crippen molar-refractivity contribution in [3.63, 3.8) is 0 Å².